The van der Waals surface area contributed by atoms with Gasteiger partial charge in [-0.1, -0.05) is 23.5 Å². The quantitative estimate of drug-likeness (QED) is 0.465. The number of esters is 1. The van der Waals surface area contributed by atoms with Gasteiger partial charge in [-0.3, -0.25) is 9.69 Å². The minimum atomic E-state index is -0.378. The normalized spacial score (nSPS) is 15.1. The van der Waals surface area contributed by atoms with Crippen LogP contribution in [-0.4, -0.2) is 69.7 Å². The maximum Gasteiger partial charge on any atom is 0.341 e. The molecule has 1 saturated heterocycles. The highest BCUT2D eigenvalue weighted by Gasteiger charge is 2.25. The topological polar surface area (TPSA) is 80.6 Å². The Bertz CT molecular complexity index is 958. The van der Waals surface area contributed by atoms with E-state index in [1.807, 2.05) is 24.3 Å². The van der Waals surface area contributed by atoms with Crippen LogP contribution in [0.3, 0.4) is 0 Å². The van der Waals surface area contributed by atoms with E-state index in [1.54, 1.807) is 22.7 Å². The Morgan fingerprint density at radius 1 is 1.25 bits per heavy atom. The summed E-state index contributed by atoms with van der Waals surface area (Å²) in [6, 6.07) is 7.91. The Morgan fingerprint density at radius 2 is 2.04 bits per heavy atom. The molecule has 9 heteroatoms. The smallest absolute Gasteiger partial charge is 0.341 e. The highest BCUT2D eigenvalue weighted by Crippen LogP contribution is 2.27. The lowest BCUT2D eigenvalue weighted by Gasteiger charge is -2.32. The van der Waals surface area contributed by atoms with E-state index >= 15 is 0 Å². The predicted molar refractivity (Wildman–Crippen MR) is 106 cm³/mol. The van der Waals surface area contributed by atoms with Crippen molar-refractivity contribution in [2.24, 2.45) is 0 Å². The molecule has 0 aliphatic carbocycles. The van der Waals surface area contributed by atoms with Gasteiger partial charge in [0.05, 0.1) is 28.7 Å². The molecule has 146 valence electrons. The molecule has 0 N–H and O–H groups in total. The lowest BCUT2D eigenvalue weighted by Crippen LogP contribution is -2.45. The molecule has 0 bridgehead atoms. The fourth-order valence-corrected chi connectivity index (χ4v) is 4.21. The van der Waals surface area contributed by atoms with Crippen LogP contribution in [0.5, 0.6) is 0 Å². The van der Waals surface area contributed by atoms with Gasteiger partial charge in [-0.2, -0.15) is 5.10 Å². The first-order valence-electron chi connectivity index (χ1n) is 9.21. The lowest BCUT2D eigenvalue weighted by molar-refractivity contribution is -0.119. The molecule has 8 nitrogen and oxygen atoms in total. The molecular formula is C19H21N5O3S. The van der Waals surface area contributed by atoms with E-state index in [-0.39, 0.29) is 5.97 Å². The van der Waals surface area contributed by atoms with Gasteiger partial charge in [-0.25, -0.2) is 14.5 Å². The second-order valence-corrected chi connectivity index (χ2v) is 7.53. The summed E-state index contributed by atoms with van der Waals surface area (Å²) in [5.74, 6) is -0.378. The Hall–Kier alpha value is -2.78. The number of aromatic nitrogens is 3. The molecule has 28 heavy (non-hydrogen) atoms. The number of ether oxygens (including phenoxy) is 1. The van der Waals surface area contributed by atoms with Crippen molar-refractivity contribution in [1.29, 1.82) is 0 Å². The van der Waals surface area contributed by atoms with E-state index in [1.165, 1.54) is 11.3 Å². The third-order valence-electron chi connectivity index (χ3n) is 4.76. The number of carbonyl (C=O) groups excluding carboxylic acids is 2. The van der Waals surface area contributed by atoms with Crippen LogP contribution in [-0.2, 0) is 16.1 Å². The number of para-hydroxylation sites is 1. The Morgan fingerprint density at radius 3 is 2.75 bits per heavy atom. The minimum absolute atomic E-state index is 0.308. The summed E-state index contributed by atoms with van der Waals surface area (Å²) in [5.41, 5.74) is 2.12. The maximum absolute atomic E-state index is 12.5. The maximum atomic E-state index is 12.5. The standard InChI is InChI=1S/C19H21N5O3S/c1-2-27-18(26)14-11-20-24(19-21-15-5-3-4-6-17(15)28-19)16(14)12-22-7-9-23(13-25)10-8-22/h3-6,11,13H,2,7-10,12H2,1H3. The summed E-state index contributed by atoms with van der Waals surface area (Å²) < 4.78 is 8.02. The Labute approximate surface area is 166 Å². The highest BCUT2D eigenvalue weighted by molar-refractivity contribution is 7.20. The molecule has 1 fully saturated rings. The van der Waals surface area contributed by atoms with Crippen LogP contribution in [0.2, 0.25) is 0 Å². The van der Waals surface area contributed by atoms with Crippen LogP contribution >= 0.6 is 11.3 Å². The zero-order chi connectivity index (χ0) is 19.5. The van der Waals surface area contributed by atoms with E-state index in [4.69, 9.17) is 4.74 Å². The van der Waals surface area contributed by atoms with Crippen molar-refractivity contribution in [3.05, 3.63) is 41.7 Å². The minimum Gasteiger partial charge on any atom is -0.462 e. The van der Waals surface area contributed by atoms with Crippen LogP contribution < -0.4 is 0 Å². The second kappa shape index (κ2) is 8.07. The summed E-state index contributed by atoms with van der Waals surface area (Å²) in [5, 5.41) is 5.17. The van der Waals surface area contributed by atoms with Crippen molar-refractivity contribution in [3.63, 3.8) is 0 Å². The van der Waals surface area contributed by atoms with Crippen LogP contribution in [0.15, 0.2) is 30.5 Å². The Kier molecular flexibility index (Phi) is 5.36. The highest BCUT2D eigenvalue weighted by atomic mass is 32.1. The fourth-order valence-electron chi connectivity index (χ4n) is 3.26. The van der Waals surface area contributed by atoms with Crippen molar-refractivity contribution in [2.75, 3.05) is 32.8 Å². The molecule has 0 atom stereocenters. The fraction of sp³-hybridized carbons (Fsp3) is 0.368. The van der Waals surface area contributed by atoms with Gasteiger partial charge in [0.25, 0.3) is 0 Å². The number of thiazole rings is 1. The number of hydrogen-bond donors (Lipinski definition) is 0. The van der Waals surface area contributed by atoms with Crippen LogP contribution in [0.4, 0.5) is 0 Å². The first-order chi connectivity index (χ1) is 13.7. The van der Waals surface area contributed by atoms with Gasteiger partial charge in [-0.15, -0.1) is 0 Å². The van der Waals surface area contributed by atoms with E-state index in [0.29, 0.717) is 31.8 Å². The zero-order valence-electron chi connectivity index (χ0n) is 15.6. The molecule has 2 aromatic heterocycles. The molecule has 1 aliphatic rings. The molecule has 0 saturated carbocycles. The average molecular weight is 399 g/mol. The van der Waals surface area contributed by atoms with E-state index in [2.05, 4.69) is 15.0 Å². The molecule has 0 radical (unpaired) electrons. The summed E-state index contributed by atoms with van der Waals surface area (Å²) in [4.78, 5) is 32.0. The predicted octanol–water partition coefficient (Wildman–Crippen LogP) is 1.93. The number of hydrogen-bond acceptors (Lipinski definition) is 7. The molecule has 4 rings (SSSR count). The number of nitrogens with zero attached hydrogens (tertiary/aromatic N) is 5. The van der Waals surface area contributed by atoms with E-state index in [9.17, 15) is 9.59 Å². The number of amides is 1. The third-order valence-corrected chi connectivity index (χ3v) is 5.77. The van der Waals surface area contributed by atoms with Crippen molar-refractivity contribution >= 4 is 33.9 Å². The number of piperazine rings is 1. The summed E-state index contributed by atoms with van der Waals surface area (Å²) >= 11 is 1.53. The second-order valence-electron chi connectivity index (χ2n) is 6.52. The number of carbonyl (C=O) groups is 2. The van der Waals surface area contributed by atoms with Gasteiger partial charge in [0, 0.05) is 32.7 Å². The van der Waals surface area contributed by atoms with Crippen molar-refractivity contribution in [1.82, 2.24) is 24.6 Å². The lowest BCUT2D eigenvalue weighted by atomic mass is 10.2. The number of rotatable bonds is 6. The molecule has 0 spiro atoms. The van der Waals surface area contributed by atoms with Crippen molar-refractivity contribution in [3.8, 4) is 5.13 Å². The van der Waals surface area contributed by atoms with E-state index < -0.39 is 0 Å². The van der Waals surface area contributed by atoms with Crippen LogP contribution in [0.25, 0.3) is 15.3 Å². The van der Waals surface area contributed by atoms with Crippen molar-refractivity contribution < 1.29 is 14.3 Å². The van der Waals surface area contributed by atoms with Crippen molar-refractivity contribution in [2.45, 2.75) is 13.5 Å². The average Bonchev–Trinajstić information content (AvgIpc) is 3.32. The monoisotopic (exact) mass is 399 g/mol. The SMILES string of the molecule is CCOC(=O)c1cnn(-c2nc3ccccc3s2)c1CN1CCN(C=O)CC1. The van der Waals surface area contributed by atoms with Gasteiger partial charge in [0.2, 0.25) is 11.5 Å². The van der Waals surface area contributed by atoms with Gasteiger partial charge in [0.1, 0.15) is 5.56 Å². The van der Waals surface area contributed by atoms with E-state index in [0.717, 1.165) is 40.5 Å². The molecule has 1 aliphatic heterocycles. The van der Waals surface area contributed by atoms with Gasteiger partial charge in [0.15, 0.2) is 0 Å². The zero-order valence-corrected chi connectivity index (χ0v) is 16.4. The van der Waals surface area contributed by atoms with Gasteiger partial charge >= 0.3 is 5.97 Å². The summed E-state index contributed by atoms with van der Waals surface area (Å²) in [6.07, 6.45) is 2.44. The molecule has 1 aromatic carbocycles. The first-order valence-corrected chi connectivity index (χ1v) is 10.0. The Balaban J connectivity index is 1.68. The molecule has 1 amide bonds. The molecule has 3 aromatic rings. The molecule has 0 unspecified atom stereocenters. The summed E-state index contributed by atoms with van der Waals surface area (Å²) in [6.45, 7) is 5.46. The van der Waals surface area contributed by atoms with Gasteiger partial charge in [-0.05, 0) is 19.1 Å². The third kappa shape index (κ3) is 3.63. The largest absolute Gasteiger partial charge is 0.462 e. The summed E-state index contributed by atoms with van der Waals surface area (Å²) in [7, 11) is 0. The molecule has 3 heterocycles. The molecular weight excluding hydrogens is 378 g/mol. The van der Waals surface area contributed by atoms with Gasteiger partial charge < -0.3 is 9.64 Å². The first kappa shape index (κ1) is 18.6. The number of fused-ring (bicyclic) bond motifs is 1. The van der Waals surface area contributed by atoms with Crippen LogP contribution in [0.1, 0.15) is 23.0 Å². The number of benzene rings is 1. The van der Waals surface area contributed by atoms with Crippen LogP contribution in [0, 0.1) is 0 Å².